The molecule has 0 aliphatic heterocycles. The van der Waals surface area contributed by atoms with Crippen LogP contribution < -0.4 is 10.6 Å². The van der Waals surface area contributed by atoms with Gasteiger partial charge in [0.25, 0.3) is 11.8 Å². The first-order valence-corrected chi connectivity index (χ1v) is 11.3. The number of amides is 2. The molecule has 0 radical (unpaired) electrons. The average molecular weight is 456 g/mol. The van der Waals surface area contributed by atoms with Gasteiger partial charge in [0.2, 0.25) is 0 Å². The Morgan fingerprint density at radius 1 is 1.03 bits per heavy atom. The van der Waals surface area contributed by atoms with E-state index in [-0.39, 0.29) is 29.2 Å². The Morgan fingerprint density at radius 2 is 1.82 bits per heavy atom. The lowest BCUT2D eigenvalue weighted by molar-refractivity contribution is 0.0931. The van der Waals surface area contributed by atoms with Gasteiger partial charge in [-0.2, -0.15) is 0 Å². The molecule has 0 unspecified atom stereocenters. The molecular formula is C26H25N5O3. The first-order chi connectivity index (χ1) is 16.4. The van der Waals surface area contributed by atoms with E-state index in [9.17, 15) is 9.59 Å². The number of nitrogens with one attached hydrogen (secondary N) is 2. The van der Waals surface area contributed by atoms with E-state index >= 15 is 0 Å². The van der Waals surface area contributed by atoms with Crippen molar-refractivity contribution in [2.24, 2.45) is 0 Å². The minimum absolute atomic E-state index is 0.0650. The van der Waals surface area contributed by atoms with E-state index < -0.39 is 0 Å². The molecule has 1 atom stereocenters. The van der Waals surface area contributed by atoms with Gasteiger partial charge in [-0.3, -0.25) is 9.59 Å². The van der Waals surface area contributed by atoms with Crippen molar-refractivity contribution < 1.29 is 14.1 Å². The van der Waals surface area contributed by atoms with Gasteiger partial charge in [0.1, 0.15) is 17.7 Å². The molecule has 0 saturated heterocycles. The topological polar surface area (TPSA) is 110 Å². The van der Waals surface area contributed by atoms with Crippen LogP contribution in [0.3, 0.4) is 0 Å². The van der Waals surface area contributed by atoms with Crippen LogP contribution in [-0.4, -0.2) is 26.9 Å². The molecule has 1 aliphatic rings. The van der Waals surface area contributed by atoms with Crippen LogP contribution in [0.2, 0.25) is 0 Å². The van der Waals surface area contributed by atoms with Crippen molar-refractivity contribution in [1.82, 2.24) is 25.8 Å². The maximum absolute atomic E-state index is 12.9. The summed E-state index contributed by atoms with van der Waals surface area (Å²) in [6.45, 7) is 6.40. The third-order valence-electron chi connectivity index (χ3n) is 6.57. The molecule has 1 aliphatic carbocycles. The van der Waals surface area contributed by atoms with E-state index in [1.807, 2.05) is 25.1 Å². The number of rotatable bonds is 5. The largest absolute Gasteiger partial charge is 0.356 e. The summed E-state index contributed by atoms with van der Waals surface area (Å²) >= 11 is 0. The smallest absolute Gasteiger partial charge is 0.270 e. The van der Waals surface area contributed by atoms with Gasteiger partial charge >= 0.3 is 0 Å². The second-order valence-electron chi connectivity index (χ2n) is 8.71. The molecule has 2 aromatic carbocycles. The predicted molar refractivity (Wildman–Crippen MR) is 126 cm³/mol. The number of hydrogen-bond acceptors (Lipinski definition) is 6. The van der Waals surface area contributed by atoms with Crippen LogP contribution in [0.5, 0.6) is 0 Å². The molecule has 0 bridgehead atoms. The predicted octanol–water partition coefficient (Wildman–Crippen LogP) is 3.89. The van der Waals surface area contributed by atoms with E-state index in [0.717, 1.165) is 35.0 Å². The Balaban J connectivity index is 1.26. The molecule has 0 spiro atoms. The van der Waals surface area contributed by atoms with Crippen molar-refractivity contribution in [3.63, 3.8) is 0 Å². The number of fused-ring (bicyclic) bond motifs is 2. The minimum atomic E-state index is -0.379. The number of aromatic nitrogens is 3. The Kier molecular flexibility index (Phi) is 5.57. The summed E-state index contributed by atoms with van der Waals surface area (Å²) in [6, 6.07) is 11.2. The van der Waals surface area contributed by atoms with Crippen LogP contribution in [0.1, 0.15) is 67.0 Å². The third kappa shape index (κ3) is 4.03. The highest BCUT2D eigenvalue weighted by molar-refractivity contribution is 5.97. The molecule has 2 N–H and O–H groups in total. The maximum atomic E-state index is 12.9. The van der Waals surface area contributed by atoms with Gasteiger partial charge in [0.15, 0.2) is 5.58 Å². The zero-order chi connectivity index (χ0) is 23.8. The van der Waals surface area contributed by atoms with Gasteiger partial charge in [0.05, 0.1) is 11.7 Å². The zero-order valence-electron chi connectivity index (χ0n) is 19.3. The fraction of sp³-hybridized carbons (Fsp3) is 0.269. The van der Waals surface area contributed by atoms with Crippen LogP contribution in [0, 0.1) is 20.8 Å². The molecular weight excluding hydrogens is 430 g/mol. The van der Waals surface area contributed by atoms with Crippen LogP contribution >= 0.6 is 0 Å². The van der Waals surface area contributed by atoms with Gasteiger partial charge in [-0.05, 0) is 73.6 Å². The standard InChI is InChI=1S/C26H25N5O3/c1-14-4-6-19-18(15(14)2)7-8-21(19)30-26(33)23-11-22(28-13-29-23)25(32)27-12-17-5-9-24-20(10-17)16(3)31-34-24/h4-6,9-11,13,21H,7-8,12H2,1-3H3,(H,27,32)(H,30,33)/t21-/m0/s1. The van der Waals surface area contributed by atoms with Crippen LogP contribution in [0.4, 0.5) is 0 Å². The molecule has 8 heteroatoms. The van der Waals surface area contributed by atoms with E-state index in [0.29, 0.717) is 12.1 Å². The van der Waals surface area contributed by atoms with Crippen molar-refractivity contribution in [2.45, 2.75) is 46.2 Å². The molecule has 2 amide bonds. The number of carbonyl (C=O) groups is 2. The molecule has 172 valence electrons. The Labute approximate surface area is 196 Å². The van der Waals surface area contributed by atoms with Crippen LogP contribution in [-0.2, 0) is 13.0 Å². The highest BCUT2D eigenvalue weighted by atomic mass is 16.5. The van der Waals surface area contributed by atoms with Gasteiger partial charge in [0, 0.05) is 18.0 Å². The summed E-state index contributed by atoms with van der Waals surface area (Å²) in [5, 5.41) is 10.8. The van der Waals surface area contributed by atoms with Gasteiger partial charge in [-0.25, -0.2) is 9.97 Å². The highest BCUT2D eigenvalue weighted by Crippen LogP contribution is 2.34. The van der Waals surface area contributed by atoms with E-state index in [1.165, 1.54) is 29.1 Å². The summed E-state index contributed by atoms with van der Waals surface area (Å²) < 4.78 is 5.22. The summed E-state index contributed by atoms with van der Waals surface area (Å²) in [5.41, 5.74) is 7.72. The summed E-state index contributed by atoms with van der Waals surface area (Å²) in [4.78, 5) is 33.7. The second-order valence-corrected chi connectivity index (χ2v) is 8.71. The Morgan fingerprint density at radius 3 is 2.65 bits per heavy atom. The van der Waals surface area contributed by atoms with E-state index in [1.54, 1.807) is 0 Å². The maximum Gasteiger partial charge on any atom is 0.270 e. The van der Waals surface area contributed by atoms with Crippen LogP contribution in [0.15, 0.2) is 47.2 Å². The number of benzene rings is 2. The van der Waals surface area contributed by atoms with E-state index in [4.69, 9.17) is 4.52 Å². The molecule has 34 heavy (non-hydrogen) atoms. The lowest BCUT2D eigenvalue weighted by Crippen LogP contribution is -2.29. The van der Waals surface area contributed by atoms with Gasteiger partial charge in [-0.15, -0.1) is 0 Å². The molecule has 5 rings (SSSR count). The number of nitrogens with zero attached hydrogens (tertiary/aromatic N) is 3. The summed E-state index contributed by atoms with van der Waals surface area (Å²) in [6.07, 6.45) is 3.03. The molecule has 2 heterocycles. The second kappa shape index (κ2) is 8.70. The fourth-order valence-electron chi connectivity index (χ4n) is 4.47. The monoisotopic (exact) mass is 455 g/mol. The number of carbonyl (C=O) groups excluding carboxylic acids is 2. The lowest BCUT2D eigenvalue weighted by Gasteiger charge is -2.15. The fourth-order valence-corrected chi connectivity index (χ4v) is 4.47. The summed E-state index contributed by atoms with van der Waals surface area (Å²) in [5.74, 6) is -0.697. The number of aryl methyl sites for hydroxylation is 2. The molecule has 4 aromatic rings. The van der Waals surface area contributed by atoms with Crippen LogP contribution in [0.25, 0.3) is 11.0 Å². The Hall–Kier alpha value is -4.07. The van der Waals surface area contributed by atoms with Crippen molar-refractivity contribution in [3.8, 4) is 0 Å². The molecule has 0 saturated carbocycles. The average Bonchev–Trinajstić information content (AvgIpc) is 3.43. The normalized spacial score (nSPS) is 14.7. The molecule has 2 aromatic heterocycles. The number of hydrogen-bond donors (Lipinski definition) is 2. The lowest BCUT2D eigenvalue weighted by atomic mass is 9.99. The van der Waals surface area contributed by atoms with Gasteiger partial charge in [-0.1, -0.05) is 23.4 Å². The highest BCUT2D eigenvalue weighted by Gasteiger charge is 2.26. The molecule has 8 nitrogen and oxygen atoms in total. The van der Waals surface area contributed by atoms with Crippen molar-refractivity contribution in [3.05, 3.63) is 87.6 Å². The molecule has 0 fully saturated rings. The first kappa shape index (κ1) is 21.8. The third-order valence-corrected chi connectivity index (χ3v) is 6.57. The SMILES string of the molecule is Cc1ccc2c(c1C)CC[C@@H]2NC(=O)c1cc(C(=O)NCc2ccc3onc(C)c3c2)ncn1. The van der Waals surface area contributed by atoms with Crippen molar-refractivity contribution in [2.75, 3.05) is 0 Å². The van der Waals surface area contributed by atoms with Crippen molar-refractivity contribution in [1.29, 1.82) is 0 Å². The Bertz CT molecular complexity index is 1430. The van der Waals surface area contributed by atoms with Gasteiger partial charge < -0.3 is 15.2 Å². The van der Waals surface area contributed by atoms with E-state index in [2.05, 4.69) is 51.7 Å². The summed E-state index contributed by atoms with van der Waals surface area (Å²) in [7, 11) is 0. The zero-order valence-corrected chi connectivity index (χ0v) is 19.3. The minimum Gasteiger partial charge on any atom is -0.356 e. The quantitative estimate of drug-likeness (QED) is 0.472. The van der Waals surface area contributed by atoms with Crippen molar-refractivity contribution >= 4 is 22.8 Å². The first-order valence-electron chi connectivity index (χ1n) is 11.3.